The fourth-order valence-corrected chi connectivity index (χ4v) is 3.53. The Bertz CT molecular complexity index is 845. The molecule has 1 amide bonds. The third-order valence-corrected chi connectivity index (χ3v) is 4.77. The SMILES string of the molecule is CCOc1ccc2ccccc2c1C(=O)NCC(OC)c1ccsc1. The summed E-state index contributed by atoms with van der Waals surface area (Å²) in [4.78, 5) is 12.9. The molecule has 130 valence electrons. The Balaban J connectivity index is 1.86. The molecule has 0 aliphatic heterocycles. The molecule has 0 saturated carbocycles. The highest BCUT2D eigenvalue weighted by atomic mass is 32.1. The smallest absolute Gasteiger partial charge is 0.255 e. The molecule has 3 rings (SSSR count). The lowest BCUT2D eigenvalue weighted by molar-refractivity contribution is 0.0828. The summed E-state index contributed by atoms with van der Waals surface area (Å²) in [6, 6.07) is 13.7. The summed E-state index contributed by atoms with van der Waals surface area (Å²) in [5.41, 5.74) is 1.64. The van der Waals surface area contributed by atoms with Crippen molar-refractivity contribution in [2.45, 2.75) is 13.0 Å². The second-order valence-corrected chi connectivity index (χ2v) is 6.36. The molecule has 1 unspecified atom stereocenters. The van der Waals surface area contributed by atoms with Gasteiger partial charge in [0.25, 0.3) is 5.91 Å². The standard InChI is InChI=1S/C20H21NO3S/c1-3-24-17-9-8-14-6-4-5-7-16(14)19(17)20(22)21-12-18(23-2)15-10-11-25-13-15/h4-11,13,18H,3,12H2,1-2H3,(H,21,22). The van der Waals surface area contributed by atoms with Crippen molar-refractivity contribution in [2.75, 3.05) is 20.3 Å². The van der Waals surface area contributed by atoms with E-state index in [1.165, 1.54) is 0 Å². The van der Waals surface area contributed by atoms with Crippen molar-refractivity contribution in [3.63, 3.8) is 0 Å². The van der Waals surface area contributed by atoms with Crippen LogP contribution in [0.3, 0.4) is 0 Å². The number of nitrogens with one attached hydrogen (secondary N) is 1. The van der Waals surface area contributed by atoms with Crippen LogP contribution in [0, 0.1) is 0 Å². The van der Waals surface area contributed by atoms with E-state index in [4.69, 9.17) is 9.47 Å². The second kappa shape index (κ2) is 8.14. The van der Waals surface area contributed by atoms with Crippen LogP contribution in [0.5, 0.6) is 5.75 Å². The van der Waals surface area contributed by atoms with E-state index in [9.17, 15) is 4.79 Å². The van der Waals surface area contributed by atoms with Crippen LogP contribution in [0.2, 0.25) is 0 Å². The fraction of sp³-hybridized carbons (Fsp3) is 0.250. The monoisotopic (exact) mass is 355 g/mol. The Morgan fingerprint density at radius 3 is 2.76 bits per heavy atom. The van der Waals surface area contributed by atoms with Gasteiger partial charge in [-0.3, -0.25) is 4.79 Å². The minimum Gasteiger partial charge on any atom is -0.493 e. The van der Waals surface area contributed by atoms with E-state index < -0.39 is 0 Å². The van der Waals surface area contributed by atoms with Gasteiger partial charge in [0.1, 0.15) is 11.9 Å². The maximum atomic E-state index is 12.9. The van der Waals surface area contributed by atoms with Gasteiger partial charge in [0.15, 0.2) is 0 Å². The molecule has 0 bridgehead atoms. The zero-order valence-electron chi connectivity index (χ0n) is 14.3. The molecule has 0 fully saturated rings. The number of ether oxygens (including phenoxy) is 2. The van der Waals surface area contributed by atoms with Gasteiger partial charge < -0.3 is 14.8 Å². The van der Waals surface area contributed by atoms with Crippen LogP contribution in [0.15, 0.2) is 53.2 Å². The van der Waals surface area contributed by atoms with Gasteiger partial charge in [-0.05, 0) is 46.2 Å². The zero-order chi connectivity index (χ0) is 17.6. The number of hydrogen-bond acceptors (Lipinski definition) is 4. The highest BCUT2D eigenvalue weighted by Gasteiger charge is 2.19. The third kappa shape index (κ3) is 3.83. The summed E-state index contributed by atoms with van der Waals surface area (Å²) in [7, 11) is 1.65. The molecular formula is C20H21NO3S. The number of fused-ring (bicyclic) bond motifs is 1. The highest BCUT2D eigenvalue weighted by molar-refractivity contribution is 7.07. The van der Waals surface area contributed by atoms with Gasteiger partial charge in [0.05, 0.1) is 12.2 Å². The summed E-state index contributed by atoms with van der Waals surface area (Å²) >= 11 is 1.61. The van der Waals surface area contributed by atoms with Crippen molar-refractivity contribution >= 4 is 28.0 Å². The van der Waals surface area contributed by atoms with Gasteiger partial charge >= 0.3 is 0 Å². The number of hydrogen-bond donors (Lipinski definition) is 1. The van der Waals surface area contributed by atoms with Crippen molar-refractivity contribution in [3.8, 4) is 5.75 Å². The first-order valence-corrected chi connectivity index (χ1v) is 9.16. The summed E-state index contributed by atoms with van der Waals surface area (Å²) < 4.78 is 11.2. The predicted octanol–water partition coefficient (Wildman–Crippen LogP) is 4.42. The molecule has 1 N–H and O–H groups in total. The zero-order valence-corrected chi connectivity index (χ0v) is 15.1. The Kier molecular flexibility index (Phi) is 5.68. The average Bonchev–Trinajstić information content (AvgIpc) is 3.16. The lowest BCUT2D eigenvalue weighted by Gasteiger charge is -2.17. The number of amides is 1. The number of methoxy groups -OCH3 is 1. The van der Waals surface area contributed by atoms with Crippen LogP contribution in [0.25, 0.3) is 10.8 Å². The lowest BCUT2D eigenvalue weighted by atomic mass is 10.0. The first-order valence-electron chi connectivity index (χ1n) is 8.22. The molecule has 5 heteroatoms. The molecule has 4 nitrogen and oxygen atoms in total. The Morgan fingerprint density at radius 2 is 2.04 bits per heavy atom. The van der Waals surface area contributed by atoms with Crippen LogP contribution in [0.4, 0.5) is 0 Å². The van der Waals surface area contributed by atoms with Crippen molar-refractivity contribution in [1.29, 1.82) is 0 Å². The number of rotatable bonds is 7. The maximum Gasteiger partial charge on any atom is 0.255 e. The molecule has 1 heterocycles. The van der Waals surface area contributed by atoms with Gasteiger partial charge in [0, 0.05) is 13.7 Å². The Hall–Kier alpha value is -2.37. The molecular weight excluding hydrogens is 334 g/mol. The molecule has 0 spiro atoms. The van der Waals surface area contributed by atoms with Gasteiger partial charge in [0.2, 0.25) is 0 Å². The number of carbonyl (C=O) groups excluding carboxylic acids is 1. The van der Waals surface area contributed by atoms with Crippen LogP contribution in [-0.4, -0.2) is 26.2 Å². The van der Waals surface area contributed by atoms with Gasteiger partial charge in [-0.15, -0.1) is 0 Å². The predicted molar refractivity (Wildman–Crippen MR) is 102 cm³/mol. The molecule has 0 saturated heterocycles. The molecule has 1 atom stereocenters. The Morgan fingerprint density at radius 1 is 1.20 bits per heavy atom. The first kappa shape index (κ1) is 17.5. The van der Waals surface area contributed by atoms with Crippen LogP contribution in [-0.2, 0) is 4.74 Å². The van der Waals surface area contributed by atoms with Crippen molar-refractivity contribution in [2.24, 2.45) is 0 Å². The number of thiophene rings is 1. The van der Waals surface area contributed by atoms with Crippen LogP contribution >= 0.6 is 11.3 Å². The lowest BCUT2D eigenvalue weighted by Crippen LogP contribution is -2.29. The summed E-state index contributed by atoms with van der Waals surface area (Å²) in [6.45, 7) is 2.82. The molecule has 1 aromatic heterocycles. The molecule has 2 aromatic carbocycles. The normalized spacial score (nSPS) is 12.1. The second-order valence-electron chi connectivity index (χ2n) is 5.58. The average molecular weight is 355 g/mol. The fourth-order valence-electron chi connectivity index (χ4n) is 2.83. The van der Waals surface area contributed by atoms with E-state index in [2.05, 4.69) is 5.32 Å². The highest BCUT2D eigenvalue weighted by Crippen LogP contribution is 2.28. The first-order chi connectivity index (χ1) is 12.2. The number of benzene rings is 2. The van der Waals surface area contributed by atoms with Gasteiger partial charge in [-0.25, -0.2) is 0 Å². The van der Waals surface area contributed by atoms with E-state index in [0.717, 1.165) is 16.3 Å². The van der Waals surface area contributed by atoms with E-state index in [-0.39, 0.29) is 12.0 Å². The van der Waals surface area contributed by atoms with E-state index in [1.807, 2.05) is 60.1 Å². The summed E-state index contributed by atoms with van der Waals surface area (Å²) in [6.07, 6.45) is -0.166. The van der Waals surface area contributed by atoms with Crippen molar-refractivity contribution in [3.05, 3.63) is 64.4 Å². The van der Waals surface area contributed by atoms with E-state index >= 15 is 0 Å². The van der Waals surface area contributed by atoms with Crippen LogP contribution < -0.4 is 10.1 Å². The minimum absolute atomic E-state index is 0.155. The van der Waals surface area contributed by atoms with Gasteiger partial charge in [-0.1, -0.05) is 30.3 Å². The van der Waals surface area contributed by atoms with E-state index in [1.54, 1.807) is 18.4 Å². The molecule has 0 aliphatic rings. The number of carbonyl (C=O) groups is 1. The van der Waals surface area contributed by atoms with E-state index in [0.29, 0.717) is 24.5 Å². The largest absolute Gasteiger partial charge is 0.493 e. The van der Waals surface area contributed by atoms with Crippen LogP contribution in [0.1, 0.15) is 28.9 Å². The molecule has 0 aliphatic carbocycles. The topological polar surface area (TPSA) is 47.6 Å². The Labute approximate surface area is 151 Å². The minimum atomic E-state index is -0.166. The molecule has 25 heavy (non-hydrogen) atoms. The molecule has 0 radical (unpaired) electrons. The van der Waals surface area contributed by atoms with Crippen molar-refractivity contribution in [1.82, 2.24) is 5.32 Å². The summed E-state index contributed by atoms with van der Waals surface area (Å²) in [5.74, 6) is 0.445. The van der Waals surface area contributed by atoms with Crippen molar-refractivity contribution < 1.29 is 14.3 Å². The summed E-state index contributed by atoms with van der Waals surface area (Å²) in [5, 5.41) is 8.92. The quantitative estimate of drug-likeness (QED) is 0.682. The third-order valence-electron chi connectivity index (χ3n) is 4.07. The van der Waals surface area contributed by atoms with Gasteiger partial charge in [-0.2, -0.15) is 11.3 Å². The maximum absolute atomic E-state index is 12.9. The molecule has 3 aromatic rings.